The van der Waals surface area contributed by atoms with Gasteiger partial charge in [0.2, 0.25) is 5.91 Å². The zero-order valence-corrected chi connectivity index (χ0v) is 14.7. The van der Waals surface area contributed by atoms with E-state index in [0.717, 1.165) is 21.6 Å². The number of carbonyl (C=O) groups is 1. The van der Waals surface area contributed by atoms with Crippen molar-refractivity contribution in [1.29, 1.82) is 0 Å². The number of thioether (sulfide) groups is 1. The number of fused-ring (bicyclic) bond motifs is 1. The lowest BCUT2D eigenvalue weighted by Crippen LogP contribution is -2.23. The molecular weight excluding hydrogens is 320 g/mol. The maximum absolute atomic E-state index is 12.5. The molecule has 0 radical (unpaired) electrons. The Morgan fingerprint density at radius 2 is 1.88 bits per heavy atom. The van der Waals surface area contributed by atoms with Crippen LogP contribution in [-0.2, 0) is 4.79 Å². The van der Waals surface area contributed by atoms with E-state index in [2.05, 4.69) is 35.4 Å². The molecule has 0 aliphatic rings. The quantitative estimate of drug-likeness (QED) is 0.709. The molecule has 1 atom stereocenters. The highest BCUT2D eigenvalue weighted by atomic mass is 32.2. The SMILES string of the molecule is CC(C)n1cnnc1S[C@@H](C)C(=O)Nc1ccc2ccccc2c1. The van der Waals surface area contributed by atoms with Crippen LogP contribution in [0.15, 0.2) is 53.9 Å². The van der Waals surface area contributed by atoms with Crippen LogP contribution in [0.25, 0.3) is 10.8 Å². The van der Waals surface area contributed by atoms with Crippen LogP contribution in [0.1, 0.15) is 26.8 Å². The van der Waals surface area contributed by atoms with E-state index >= 15 is 0 Å². The standard InChI is InChI=1S/C18H20N4OS/c1-12(2)22-11-19-21-18(22)24-13(3)17(23)20-16-9-8-14-6-4-5-7-15(14)10-16/h4-13H,1-3H3,(H,20,23)/t13-/m0/s1. The number of hydrogen-bond acceptors (Lipinski definition) is 4. The molecule has 124 valence electrons. The van der Waals surface area contributed by atoms with E-state index in [1.165, 1.54) is 11.8 Å². The first-order valence-corrected chi connectivity index (χ1v) is 8.78. The summed E-state index contributed by atoms with van der Waals surface area (Å²) < 4.78 is 1.96. The van der Waals surface area contributed by atoms with Gasteiger partial charge in [0.1, 0.15) is 6.33 Å². The maximum Gasteiger partial charge on any atom is 0.237 e. The first kappa shape index (κ1) is 16.5. The topological polar surface area (TPSA) is 59.8 Å². The Kier molecular flexibility index (Phi) is 4.85. The molecule has 0 bridgehead atoms. The molecule has 0 fully saturated rings. The molecule has 24 heavy (non-hydrogen) atoms. The summed E-state index contributed by atoms with van der Waals surface area (Å²) in [7, 11) is 0. The number of amides is 1. The average molecular weight is 340 g/mol. The van der Waals surface area contributed by atoms with Crippen molar-refractivity contribution in [2.75, 3.05) is 5.32 Å². The molecule has 1 amide bonds. The largest absolute Gasteiger partial charge is 0.325 e. The van der Waals surface area contributed by atoms with Gasteiger partial charge in [0, 0.05) is 11.7 Å². The van der Waals surface area contributed by atoms with E-state index < -0.39 is 0 Å². The third-order valence-electron chi connectivity index (χ3n) is 3.76. The lowest BCUT2D eigenvalue weighted by atomic mass is 10.1. The minimum atomic E-state index is -0.266. The second-order valence-electron chi connectivity index (χ2n) is 5.93. The van der Waals surface area contributed by atoms with Gasteiger partial charge in [-0.05, 0) is 43.7 Å². The van der Waals surface area contributed by atoms with Crippen molar-refractivity contribution in [3.8, 4) is 0 Å². The molecule has 1 aromatic heterocycles. The molecule has 6 heteroatoms. The third kappa shape index (κ3) is 3.59. The molecule has 0 aliphatic heterocycles. The van der Waals surface area contributed by atoms with Crippen LogP contribution in [0, 0.1) is 0 Å². The van der Waals surface area contributed by atoms with Crippen molar-refractivity contribution < 1.29 is 4.79 Å². The number of aromatic nitrogens is 3. The van der Waals surface area contributed by atoms with E-state index in [1.54, 1.807) is 6.33 Å². The lowest BCUT2D eigenvalue weighted by Gasteiger charge is -2.14. The molecular formula is C18H20N4OS. The average Bonchev–Trinajstić information content (AvgIpc) is 3.03. The molecule has 5 nitrogen and oxygen atoms in total. The summed E-state index contributed by atoms with van der Waals surface area (Å²) in [6, 6.07) is 14.3. The highest BCUT2D eigenvalue weighted by molar-refractivity contribution is 8.00. The Morgan fingerprint density at radius 1 is 1.12 bits per heavy atom. The van der Waals surface area contributed by atoms with Crippen molar-refractivity contribution in [2.24, 2.45) is 0 Å². The summed E-state index contributed by atoms with van der Waals surface area (Å²) in [5, 5.41) is 13.8. The summed E-state index contributed by atoms with van der Waals surface area (Å²) >= 11 is 1.41. The number of rotatable bonds is 5. The second-order valence-corrected chi connectivity index (χ2v) is 7.23. The predicted octanol–water partition coefficient (Wildman–Crippen LogP) is 4.13. The molecule has 1 heterocycles. The lowest BCUT2D eigenvalue weighted by molar-refractivity contribution is -0.115. The molecule has 1 N–H and O–H groups in total. The van der Waals surface area contributed by atoms with Crippen molar-refractivity contribution >= 4 is 34.1 Å². The third-order valence-corrected chi connectivity index (χ3v) is 4.84. The molecule has 0 unspecified atom stereocenters. The number of hydrogen-bond donors (Lipinski definition) is 1. The van der Waals surface area contributed by atoms with Gasteiger partial charge in [-0.1, -0.05) is 42.1 Å². The first-order chi connectivity index (χ1) is 11.5. The van der Waals surface area contributed by atoms with Gasteiger partial charge in [0.25, 0.3) is 0 Å². The summed E-state index contributed by atoms with van der Waals surface area (Å²) in [4.78, 5) is 12.5. The van der Waals surface area contributed by atoms with Crippen molar-refractivity contribution in [2.45, 2.75) is 37.2 Å². The highest BCUT2D eigenvalue weighted by Crippen LogP contribution is 2.25. The number of anilines is 1. The summed E-state index contributed by atoms with van der Waals surface area (Å²) in [5.41, 5.74) is 0.802. The van der Waals surface area contributed by atoms with Gasteiger partial charge >= 0.3 is 0 Å². The van der Waals surface area contributed by atoms with Crippen LogP contribution in [0.2, 0.25) is 0 Å². The zero-order chi connectivity index (χ0) is 17.1. The summed E-state index contributed by atoms with van der Waals surface area (Å²) in [6.45, 7) is 6.00. The van der Waals surface area contributed by atoms with Gasteiger partial charge in [-0.2, -0.15) is 0 Å². The van der Waals surface area contributed by atoms with Gasteiger partial charge in [-0.25, -0.2) is 0 Å². The van der Waals surface area contributed by atoms with Crippen LogP contribution in [-0.4, -0.2) is 25.9 Å². The Balaban J connectivity index is 1.70. The Bertz CT molecular complexity index is 859. The van der Waals surface area contributed by atoms with E-state index in [0.29, 0.717) is 0 Å². The maximum atomic E-state index is 12.5. The molecule has 0 saturated heterocycles. The van der Waals surface area contributed by atoms with Gasteiger partial charge in [-0.3, -0.25) is 4.79 Å². The van der Waals surface area contributed by atoms with Crippen molar-refractivity contribution in [3.63, 3.8) is 0 Å². The molecule has 2 aromatic carbocycles. The normalized spacial score (nSPS) is 12.5. The fraction of sp³-hybridized carbons (Fsp3) is 0.278. The molecule has 0 saturated carbocycles. The van der Waals surface area contributed by atoms with Crippen LogP contribution < -0.4 is 5.32 Å². The van der Waals surface area contributed by atoms with Crippen LogP contribution in [0.5, 0.6) is 0 Å². The number of benzene rings is 2. The predicted molar refractivity (Wildman–Crippen MR) is 98.3 cm³/mol. The van der Waals surface area contributed by atoms with Crippen LogP contribution in [0.3, 0.4) is 0 Å². The Labute approximate surface area is 145 Å². The summed E-state index contributed by atoms with van der Waals surface area (Å²) in [5.74, 6) is -0.0476. The fourth-order valence-electron chi connectivity index (χ4n) is 2.39. The fourth-order valence-corrected chi connectivity index (χ4v) is 3.35. The van der Waals surface area contributed by atoms with Crippen molar-refractivity contribution in [3.05, 3.63) is 48.8 Å². The van der Waals surface area contributed by atoms with Gasteiger partial charge in [0.05, 0.1) is 5.25 Å². The smallest absolute Gasteiger partial charge is 0.237 e. The zero-order valence-electron chi connectivity index (χ0n) is 13.9. The number of nitrogens with zero attached hydrogens (tertiary/aromatic N) is 3. The molecule has 0 aliphatic carbocycles. The molecule has 0 spiro atoms. The first-order valence-electron chi connectivity index (χ1n) is 7.90. The van der Waals surface area contributed by atoms with Gasteiger partial charge < -0.3 is 9.88 Å². The monoisotopic (exact) mass is 340 g/mol. The van der Waals surface area contributed by atoms with Crippen LogP contribution in [0.4, 0.5) is 5.69 Å². The van der Waals surface area contributed by atoms with E-state index in [-0.39, 0.29) is 17.2 Å². The van der Waals surface area contributed by atoms with E-state index in [9.17, 15) is 4.79 Å². The molecule has 3 rings (SSSR count). The number of nitrogens with one attached hydrogen (secondary N) is 1. The second kappa shape index (κ2) is 7.05. The Morgan fingerprint density at radius 3 is 2.62 bits per heavy atom. The summed E-state index contributed by atoms with van der Waals surface area (Å²) in [6.07, 6.45) is 1.70. The van der Waals surface area contributed by atoms with Crippen molar-refractivity contribution in [1.82, 2.24) is 14.8 Å². The van der Waals surface area contributed by atoms with E-state index in [1.807, 2.05) is 47.9 Å². The minimum absolute atomic E-state index is 0.0476. The van der Waals surface area contributed by atoms with Gasteiger partial charge in [0.15, 0.2) is 5.16 Å². The highest BCUT2D eigenvalue weighted by Gasteiger charge is 2.18. The number of carbonyl (C=O) groups excluding carboxylic acids is 1. The van der Waals surface area contributed by atoms with Crippen LogP contribution >= 0.6 is 11.8 Å². The van der Waals surface area contributed by atoms with Gasteiger partial charge in [-0.15, -0.1) is 10.2 Å². The van der Waals surface area contributed by atoms with E-state index in [4.69, 9.17) is 0 Å². The minimum Gasteiger partial charge on any atom is -0.325 e. The molecule has 3 aromatic rings. The Hall–Kier alpha value is -2.34.